The van der Waals surface area contributed by atoms with Gasteiger partial charge >= 0.3 is 0 Å². The Kier molecular flexibility index (Phi) is 2.79. The molecule has 0 atom stereocenters. The third kappa shape index (κ3) is 2.11. The number of benzene rings is 2. The Hall–Kier alpha value is -2.87. The molecule has 0 aliphatic carbocycles. The number of H-pyrrole nitrogens is 1. The zero-order valence-corrected chi connectivity index (χ0v) is 11.5. The summed E-state index contributed by atoms with van der Waals surface area (Å²) in [6, 6.07) is 24.9. The number of pyridine rings is 1. The van der Waals surface area contributed by atoms with Crippen LogP contribution in [0.25, 0.3) is 33.4 Å². The molecule has 2 heteroatoms. The summed E-state index contributed by atoms with van der Waals surface area (Å²) in [6.45, 7) is 0. The van der Waals surface area contributed by atoms with E-state index in [1.54, 1.807) is 0 Å². The Morgan fingerprint density at radius 2 is 1.38 bits per heavy atom. The smallest absolute Gasteiger partial charge is 0.0892 e. The molecule has 0 saturated heterocycles. The van der Waals surface area contributed by atoms with Gasteiger partial charge in [0.25, 0.3) is 0 Å². The molecule has 2 aromatic carbocycles. The fraction of sp³-hybridized carbons (Fsp3) is 0. The van der Waals surface area contributed by atoms with Crippen LogP contribution in [0, 0.1) is 0 Å². The van der Waals surface area contributed by atoms with Crippen LogP contribution in [-0.2, 0) is 0 Å². The normalized spacial score (nSPS) is 10.9. The molecule has 4 rings (SSSR count). The van der Waals surface area contributed by atoms with Crippen LogP contribution in [0.5, 0.6) is 0 Å². The molecular weight excluding hydrogens is 256 g/mol. The van der Waals surface area contributed by atoms with E-state index in [4.69, 9.17) is 4.98 Å². The van der Waals surface area contributed by atoms with E-state index >= 15 is 0 Å². The molecule has 100 valence electrons. The third-order valence-corrected chi connectivity index (χ3v) is 3.67. The van der Waals surface area contributed by atoms with Gasteiger partial charge < -0.3 is 4.98 Å². The summed E-state index contributed by atoms with van der Waals surface area (Å²) in [4.78, 5) is 8.06. The molecule has 0 saturated carbocycles. The monoisotopic (exact) mass is 270 g/mol. The zero-order chi connectivity index (χ0) is 14.1. The second kappa shape index (κ2) is 4.91. The van der Waals surface area contributed by atoms with E-state index in [1.165, 1.54) is 11.1 Å². The summed E-state index contributed by atoms with van der Waals surface area (Å²) < 4.78 is 0. The molecule has 21 heavy (non-hydrogen) atoms. The molecule has 1 N–H and O–H groups in total. The van der Waals surface area contributed by atoms with Crippen LogP contribution >= 0.6 is 0 Å². The van der Waals surface area contributed by atoms with Crippen molar-refractivity contribution in [3.8, 4) is 22.4 Å². The van der Waals surface area contributed by atoms with Gasteiger partial charge in [-0.25, -0.2) is 4.98 Å². The van der Waals surface area contributed by atoms with Crippen LogP contribution in [0.3, 0.4) is 0 Å². The highest BCUT2D eigenvalue weighted by Gasteiger charge is 2.09. The number of rotatable bonds is 2. The Bertz CT molecular complexity index is 877. The third-order valence-electron chi connectivity index (χ3n) is 3.67. The molecule has 0 unspecified atom stereocenters. The van der Waals surface area contributed by atoms with Crippen LogP contribution < -0.4 is 0 Å². The molecule has 4 aromatic rings. The van der Waals surface area contributed by atoms with Crippen molar-refractivity contribution >= 4 is 11.0 Å². The van der Waals surface area contributed by atoms with Crippen molar-refractivity contribution in [1.82, 2.24) is 9.97 Å². The van der Waals surface area contributed by atoms with E-state index in [9.17, 15) is 0 Å². The largest absolute Gasteiger partial charge is 0.359 e. The van der Waals surface area contributed by atoms with Crippen molar-refractivity contribution in [2.45, 2.75) is 0 Å². The molecule has 0 aliphatic rings. The molecule has 0 bridgehead atoms. The summed E-state index contributed by atoms with van der Waals surface area (Å²) in [5.41, 5.74) is 6.60. The van der Waals surface area contributed by atoms with E-state index in [1.807, 2.05) is 36.5 Å². The topological polar surface area (TPSA) is 28.7 Å². The first-order valence-corrected chi connectivity index (χ1v) is 7.01. The minimum atomic E-state index is 0.996. The van der Waals surface area contributed by atoms with Crippen molar-refractivity contribution in [3.05, 3.63) is 79.0 Å². The lowest BCUT2D eigenvalue weighted by molar-refractivity contribution is 1.39. The number of nitrogens with one attached hydrogen (secondary N) is 1. The molecule has 2 nitrogen and oxygen atoms in total. The van der Waals surface area contributed by atoms with Gasteiger partial charge in [0.05, 0.1) is 16.7 Å². The first-order valence-electron chi connectivity index (χ1n) is 7.01. The van der Waals surface area contributed by atoms with Gasteiger partial charge in [-0.3, -0.25) is 0 Å². The van der Waals surface area contributed by atoms with Crippen LogP contribution in [0.15, 0.2) is 79.0 Å². The second-order valence-corrected chi connectivity index (χ2v) is 5.03. The van der Waals surface area contributed by atoms with Gasteiger partial charge in [0.1, 0.15) is 0 Å². The van der Waals surface area contributed by atoms with Crippen LogP contribution in [-0.4, -0.2) is 9.97 Å². The Morgan fingerprint density at radius 1 is 0.714 bits per heavy atom. The quantitative estimate of drug-likeness (QED) is 0.551. The first kappa shape index (κ1) is 11.9. The van der Waals surface area contributed by atoms with E-state index in [2.05, 4.69) is 47.4 Å². The van der Waals surface area contributed by atoms with Crippen molar-refractivity contribution in [1.29, 1.82) is 0 Å². The second-order valence-electron chi connectivity index (χ2n) is 5.03. The average molecular weight is 270 g/mol. The van der Waals surface area contributed by atoms with Gasteiger partial charge in [0.2, 0.25) is 0 Å². The first-order chi connectivity index (χ1) is 10.4. The summed E-state index contributed by atoms with van der Waals surface area (Å²) >= 11 is 0. The van der Waals surface area contributed by atoms with Gasteiger partial charge in [-0.15, -0.1) is 0 Å². The van der Waals surface area contributed by atoms with Gasteiger partial charge in [-0.1, -0.05) is 60.7 Å². The highest BCUT2D eigenvalue weighted by atomic mass is 14.8. The predicted octanol–water partition coefficient (Wildman–Crippen LogP) is 4.90. The number of aromatic amines is 1. The number of nitrogens with zero attached hydrogens (tertiary/aromatic N) is 1. The maximum atomic E-state index is 4.76. The lowest BCUT2D eigenvalue weighted by atomic mass is 10.0. The lowest BCUT2D eigenvalue weighted by Gasteiger charge is -2.07. The van der Waals surface area contributed by atoms with Gasteiger partial charge in [0.15, 0.2) is 0 Å². The molecular formula is C19H14N2. The molecule has 0 spiro atoms. The number of hydrogen-bond acceptors (Lipinski definition) is 1. The van der Waals surface area contributed by atoms with E-state index in [-0.39, 0.29) is 0 Å². The predicted molar refractivity (Wildman–Crippen MR) is 87.0 cm³/mol. The lowest BCUT2D eigenvalue weighted by Crippen LogP contribution is -1.88. The molecule has 2 aromatic heterocycles. The Labute approximate surface area is 123 Å². The maximum Gasteiger partial charge on any atom is 0.0892 e. The van der Waals surface area contributed by atoms with Gasteiger partial charge in [-0.05, 0) is 17.7 Å². The van der Waals surface area contributed by atoms with E-state index in [0.29, 0.717) is 0 Å². The highest BCUT2D eigenvalue weighted by Crippen LogP contribution is 2.30. The molecule has 2 heterocycles. The van der Waals surface area contributed by atoms with Crippen LogP contribution in [0.2, 0.25) is 0 Å². The van der Waals surface area contributed by atoms with E-state index in [0.717, 1.165) is 22.3 Å². The minimum absolute atomic E-state index is 0.996. The van der Waals surface area contributed by atoms with Crippen LogP contribution in [0.4, 0.5) is 0 Å². The van der Waals surface area contributed by atoms with Crippen molar-refractivity contribution in [2.24, 2.45) is 0 Å². The Morgan fingerprint density at radius 3 is 2.10 bits per heavy atom. The minimum Gasteiger partial charge on any atom is -0.359 e. The molecule has 0 amide bonds. The fourth-order valence-corrected chi connectivity index (χ4v) is 2.64. The maximum absolute atomic E-state index is 4.76. The number of fused-ring (bicyclic) bond motifs is 1. The summed E-state index contributed by atoms with van der Waals surface area (Å²) in [6.07, 6.45) is 1.94. The SMILES string of the molecule is c1ccc(-c2cc(-c3ccccc3)c3[nH]ccc3n2)cc1. The van der Waals surface area contributed by atoms with Gasteiger partial charge in [-0.2, -0.15) is 0 Å². The Balaban J connectivity index is 2.00. The average Bonchev–Trinajstić information content (AvgIpc) is 3.04. The van der Waals surface area contributed by atoms with Crippen molar-refractivity contribution in [2.75, 3.05) is 0 Å². The number of aromatic nitrogens is 2. The summed E-state index contributed by atoms with van der Waals surface area (Å²) in [5, 5.41) is 0. The van der Waals surface area contributed by atoms with Crippen molar-refractivity contribution in [3.63, 3.8) is 0 Å². The highest BCUT2D eigenvalue weighted by molar-refractivity contribution is 5.94. The summed E-state index contributed by atoms with van der Waals surface area (Å²) in [5.74, 6) is 0. The standard InChI is InChI=1S/C19H14N2/c1-3-7-14(8-4-1)16-13-18(15-9-5-2-6-10-15)21-17-11-12-20-19(16)17/h1-13,20H. The van der Waals surface area contributed by atoms with Crippen LogP contribution in [0.1, 0.15) is 0 Å². The van der Waals surface area contributed by atoms with Gasteiger partial charge in [0, 0.05) is 17.3 Å². The van der Waals surface area contributed by atoms with E-state index < -0.39 is 0 Å². The fourth-order valence-electron chi connectivity index (χ4n) is 2.64. The van der Waals surface area contributed by atoms with Crippen molar-refractivity contribution < 1.29 is 0 Å². The molecule has 0 radical (unpaired) electrons. The number of hydrogen-bond donors (Lipinski definition) is 1. The summed E-state index contributed by atoms with van der Waals surface area (Å²) in [7, 11) is 0. The molecule has 0 fully saturated rings. The molecule has 0 aliphatic heterocycles. The zero-order valence-electron chi connectivity index (χ0n) is 11.5.